The van der Waals surface area contributed by atoms with Gasteiger partial charge in [-0.3, -0.25) is 0 Å². The van der Waals surface area contributed by atoms with Crippen LogP contribution in [-0.2, 0) is 0 Å². The molecular weight excluding hydrogens is 214 g/mol. The smallest absolute Gasteiger partial charge is 0.318 e. The van der Waals surface area contributed by atoms with Gasteiger partial charge in [-0.25, -0.2) is 4.79 Å². The molecule has 4 nitrogen and oxygen atoms in total. The molecule has 0 aromatic rings. The fraction of sp³-hybridized carbons (Fsp3) is 0.923. The van der Waals surface area contributed by atoms with Gasteiger partial charge in [0.05, 0.1) is 5.54 Å². The number of amides is 2. The first-order valence-electron chi connectivity index (χ1n) is 6.79. The monoisotopic (exact) mass is 239 g/mol. The molecule has 0 aromatic heterocycles. The van der Waals surface area contributed by atoms with Crippen LogP contribution < -0.4 is 11.1 Å². The van der Waals surface area contributed by atoms with E-state index < -0.39 is 0 Å². The van der Waals surface area contributed by atoms with Gasteiger partial charge in [-0.2, -0.15) is 0 Å². The van der Waals surface area contributed by atoms with E-state index in [9.17, 15) is 4.79 Å². The standard InChI is InChI=1S/C13H25N3O/c1-9(2)10(3)15-12(17)16-6-4-5-11-7-13(11,16)8-14/h9-11H,4-8,14H2,1-3H3,(H,15,17). The van der Waals surface area contributed by atoms with Gasteiger partial charge in [-0.1, -0.05) is 13.8 Å². The number of likely N-dealkylation sites (tertiary alicyclic amines) is 1. The lowest BCUT2D eigenvalue weighted by molar-refractivity contribution is 0.139. The summed E-state index contributed by atoms with van der Waals surface area (Å²) < 4.78 is 0. The molecule has 0 radical (unpaired) electrons. The third-order valence-corrected chi connectivity index (χ3v) is 4.62. The molecule has 1 aliphatic carbocycles. The van der Waals surface area contributed by atoms with Gasteiger partial charge in [-0.15, -0.1) is 0 Å². The molecule has 17 heavy (non-hydrogen) atoms. The van der Waals surface area contributed by atoms with Crippen molar-refractivity contribution in [1.29, 1.82) is 0 Å². The van der Waals surface area contributed by atoms with E-state index in [-0.39, 0.29) is 17.6 Å². The van der Waals surface area contributed by atoms with Crippen molar-refractivity contribution in [3.05, 3.63) is 0 Å². The third kappa shape index (κ3) is 2.15. The highest BCUT2D eigenvalue weighted by Gasteiger charge is 2.60. The number of fused-ring (bicyclic) bond motifs is 1. The summed E-state index contributed by atoms with van der Waals surface area (Å²) in [5, 5.41) is 3.10. The van der Waals surface area contributed by atoms with E-state index in [2.05, 4.69) is 26.1 Å². The minimum absolute atomic E-state index is 0.000959. The minimum Gasteiger partial charge on any atom is -0.335 e. The fourth-order valence-electron chi connectivity index (χ4n) is 2.89. The van der Waals surface area contributed by atoms with Crippen molar-refractivity contribution in [1.82, 2.24) is 10.2 Å². The Balaban J connectivity index is 1.99. The Labute approximate surface area is 104 Å². The van der Waals surface area contributed by atoms with Gasteiger partial charge in [-0.05, 0) is 38.0 Å². The van der Waals surface area contributed by atoms with Crippen LogP contribution in [0.5, 0.6) is 0 Å². The summed E-state index contributed by atoms with van der Waals surface area (Å²) in [6, 6.07) is 0.301. The van der Waals surface area contributed by atoms with Gasteiger partial charge in [0.15, 0.2) is 0 Å². The Bertz CT molecular complexity index is 305. The molecule has 2 rings (SSSR count). The molecule has 1 saturated carbocycles. The first-order chi connectivity index (χ1) is 8.01. The maximum Gasteiger partial charge on any atom is 0.318 e. The third-order valence-electron chi connectivity index (χ3n) is 4.62. The van der Waals surface area contributed by atoms with Crippen LogP contribution in [-0.4, -0.2) is 35.6 Å². The van der Waals surface area contributed by atoms with Gasteiger partial charge in [0.2, 0.25) is 0 Å². The fourth-order valence-corrected chi connectivity index (χ4v) is 2.89. The molecule has 0 aromatic carbocycles. The highest BCUT2D eigenvalue weighted by Crippen LogP contribution is 2.53. The van der Waals surface area contributed by atoms with Crippen molar-refractivity contribution < 1.29 is 4.79 Å². The summed E-state index contributed by atoms with van der Waals surface area (Å²) in [4.78, 5) is 14.3. The van der Waals surface area contributed by atoms with Gasteiger partial charge >= 0.3 is 6.03 Å². The zero-order valence-electron chi connectivity index (χ0n) is 11.2. The quantitative estimate of drug-likeness (QED) is 0.785. The van der Waals surface area contributed by atoms with E-state index in [1.54, 1.807) is 0 Å². The molecule has 3 unspecified atom stereocenters. The molecule has 2 fully saturated rings. The second-order valence-corrected chi connectivity index (χ2v) is 5.98. The van der Waals surface area contributed by atoms with Crippen LogP contribution in [0.25, 0.3) is 0 Å². The van der Waals surface area contributed by atoms with Crippen LogP contribution in [0.15, 0.2) is 0 Å². The van der Waals surface area contributed by atoms with E-state index in [0.29, 0.717) is 18.4 Å². The van der Waals surface area contributed by atoms with Crippen molar-refractivity contribution in [3.63, 3.8) is 0 Å². The van der Waals surface area contributed by atoms with E-state index in [1.807, 2.05) is 4.90 Å². The lowest BCUT2D eigenvalue weighted by atomic mass is 10.0. The van der Waals surface area contributed by atoms with Crippen LogP contribution >= 0.6 is 0 Å². The molecule has 0 spiro atoms. The minimum atomic E-state index is -0.000959. The highest BCUT2D eigenvalue weighted by atomic mass is 16.2. The van der Waals surface area contributed by atoms with Gasteiger partial charge in [0.1, 0.15) is 0 Å². The molecule has 2 amide bonds. The molecule has 2 aliphatic rings. The normalized spacial score (nSPS) is 33.2. The molecule has 1 aliphatic heterocycles. The summed E-state index contributed by atoms with van der Waals surface area (Å²) >= 11 is 0. The Morgan fingerprint density at radius 2 is 2.24 bits per heavy atom. The van der Waals surface area contributed by atoms with Crippen LogP contribution in [0.4, 0.5) is 4.79 Å². The van der Waals surface area contributed by atoms with Crippen LogP contribution in [0, 0.1) is 11.8 Å². The number of carbonyl (C=O) groups is 1. The lowest BCUT2D eigenvalue weighted by Crippen LogP contribution is -2.56. The Kier molecular flexibility index (Phi) is 3.34. The number of nitrogens with two attached hydrogens (primary N) is 1. The molecular formula is C13H25N3O. The lowest BCUT2D eigenvalue weighted by Gasteiger charge is -2.37. The largest absolute Gasteiger partial charge is 0.335 e. The van der Waals surface area contributed by atoms with Crippen LogP contribution in [0.2, 0.25) is 0 Å². The van der Waals surface area contributed by atoms with Crippen molar-refractivity contribution in [2.45, 2.75) is 51.6 Å². The van der Waals surface area contributed by atoms with Crippen LogP contribution in [0.3, 0.4) is 0 Å². The number of hydrogen-bond acceptors (Lipinski definition) is 2. The Hall–Kier alpha value is -0.770. The number of nitrogens with zero attached hydrogens (tertiary/aromatic N) is 1. The zero-order valence-corrected chi connectivity index (χ0v) is 11.2. The summed E-state index contributed by atoms with van der Waals surface area (Å²) in [7, 11) is 0. The van der Waals surface area contributed by atoms with Gasteiger partial charge in [0, 0.05) is 19.1 Å². The molecule has 1 heterocycles. The van der Waals surface area contributed by atoms with Crippen molar-refractivity contribution >= 4 is 6.03 Å². The van der Waals surface area contributed by atoms with E-state index >= 15 is 0 Å². The number of carbonyl (C=O) groups excluding carboxylic acids is 1. The first-order valence-corrected chi connectivity index (χ1v) is 6.79. The Morgan fingerprint density at radius 1 is 1.53 bits per heavy atom. The van der Waals surface area contributed by atoms with E-state index in [1.165, 1.54) is 6.42 Å². The predicted molar refractivity (Wildman–Crippen MR) is 68.7 cm³/mol. The second-order valence-electron chi connectivity index (χ2n) is 5.98. The molecule has 1 saturated heterocycles. The molecule has 0 bridgehead atoms. The number of rotatable bonds is 3. The molecule has 98 valence electrons. The number of urea groups is 1. The highest BCUT2D eigenvalue weighted by molar-refractivity contribution is 5.76. The molecule has 3 N–H and O–H groups in total. The van der Waals surface area contributed by atoms with Crippen molar-refractivity contribution in [2.24, 2.45) is 17.6 Å². The average Bonchev–Trinajstić information content (AvgIpc) is 3.02. The molecule has 3 atom stereocenters. The zero-order chi connectivity index (χ0) is 12.6. The summed E-state index contributed by atoms with van der Waals surface area (Å²) in [5.41, 5.74) is 5.88. The van der Waals surface area contributed by atoms with Gasteiger partial charge in [0.25, 0.3) is 0 Å². The number of piperidine rings is 1. The van der Waals surface area contributed by atoms with Crippen molar-refractivity contribution in [2.75, 3.05) is 13.1 Å². The topological polar surface area (TPSA) is 58.4 Å². The van der Waals surface area contributed by atoms with E-state index in [0.717, 1.165) is 19.4 Å². The predicted octanol–water partition coefficient (Wildman–Crippen LogP) is 1.55. The van der Waals surface area contributed by atoms with Crippen LogP contribution in [0.1, 0.15) is 40.0 Å². The summed E-state index contributed by atoms with van der Waals surface area (Å²) in [5.74, 6) is 1.12. The van der Waals surface area contributed by atoms with E-state index in [4.69, 9.17) is 5.73 Å². The second kappa shape index (κ2) is 4.48. The Morgan fingerprint density at radius 3 is 2.82 bits per heavy atom. The first kappa shape index (κ1) is 12.7. The SMILES string of the molecule is CC(C)C(C)NC(=O)N1CCCC2CC21CN. The summed E-state index contributed by atoms with van der Waals surface area (Å²) in [6.07, 6.45) is 3.46. The maximum absolute atomic E-state index is 12.3. The maximum atomic E-state index is 12.3. The molecule has 4 heteroatoms. The average molecular weight is 239 g/mol. The number of nitrogens with one attached hydrogen (secondary N) is 1. The van der Waals surface area contributed by atoms with Crippen molar-refractivity contribution in [3.8, 4) is 0 Å². The summed E-state index contributed by atoms with van der Waals surface area (Å²) in [6.45, 7) is 7.79. The van der Waals surface area contributed by atoms with Gasteiger partial charge < -0.3 is 16.0 Å². The number of hydrogen-bond donors (Lipinski definition) is 2.